The highest BCUT2D eigenvalue weighted by atomic mass is 16.6. The highest BCUT2D eigenvalue weighted by molar-refractivity contribution is 5.98. The predicted molar refractivity (Wildman–Crippen MR) is 38.3 cm³/mol. The molecule has 0 aromatic rings. The molecule has 5 nitrogen and oxygen atoms in total. The normalized spacial score (nSPS) is 36.2. The maximum atomic E-state index is 11.0. The third-order valence-corrected chi connectivity index (χ3v) is 2.41. The maximum Gasteiger partial charge on any atom is 0.321 e. The Labute approximate surface area is 74.0 Å². The Morgan fingerprint density at radius 1 is 1.46 bits per heavy atom. The standard InChI is InChI=1S/C8H8O5/c1-3(9)12-5-2-4-6(5)8(11)13-7(4)10/h4-6H,2H2,1H3/t4-,5+,6-/m0/s1. The van der Waals surface area contributed by atoms with Crippen molar-refractivity contribution < 1.29 is 23.9 Å². The van der Waals surface area contributed by atoms with Crippen LogP contribution in [-0.4, -0.2) is 24.0 Å². The minimum absolute atomic E-state index is 0.378. The lowest BCUT2D eigenvalue weighted by Crippen LogP contribution is -2.45. The van der Waals surface area contributed by atoms with E-state index < -0.39 is 29.9 Å². The molecule has 2 rings (SSSR count). The lowest BCUT2D eigenvalue weighted by molar-refractivity contribution is -0.163. The third kappa shape index (κ3) is 1.11. The van der Waals surface area contributed by atoms with E-state index in [2.05, 4.69) is 4.74 Å². The molecule has 0 aromatic heterocycles. The Morgan fingerprint density at radius 3 is 2.69 bits per heavy atom. The first-order valence-corrected chi connectivity index (χ1v) is 4.02. The van der Waals surface area contributed by atoms with Crippen LogP contribution in [0, 0.1) is 11.8 Å². The van der Waals surface area contributed by atoms with Crippen LogP contribution in [0.1, 0.15) is 13.3 Å². The van der Waals surface area contributed by atoms with E-state index in [-0.39, 0.29) is 5.92 Å². The average molecular weight is 184 g/mol. The van der Waals surface area contributed by atoms with E-state index in [1.54, 1.807) is 0 Å². The number of esters is 3. The zero-order valence-corrected chi connectivity index (χ0v) is 6.98. The number of fused-ring (bicyclic) bond motifs is 1. The Hall–Kier alpha value is -1.39. The van der Waals surface area contributed by atoms with Crippen LogP contribution in [-0.2, 0) is 23.9 Å². The SMILES string of the molecule is CC(=O)O[C@@H]1C[C@@H]2C(=O)OC(=O)[C@@H]21. The molecule has 1 saturated heterocycles. The summed E-state index contributed by atoms with van der Waals surface area (Å²) in [5, 5.41) is 0. The highest BCUT2D eigenvalue weighted by Gasteiger charge is 2.58. The van der Waals surface area contributed by atoms with Gasteiger partial charge in [-0.3, -0.25) is 14.4 Å². The van der Waals surface area contributed by atoms with Crippen LogP contribution in [0.2, 0.25) is 0 Å². The maximum absolute atomic E-state index is 11.0. The van der Waals surface area contributed by atoms with Gasteiger partial charge in [0.1, 0.15) is 12.0 Å². The molecule has 0 amide bonds. The summed E-state index contributed by atoms with van der Waals surface area (Å²) in [7, 11) is 0. The zero-order valence-electron chi connectivity index (χ0n) is 6.98. The molecule has 0 spiro atoms. The van der Waals surface area contributed by atoms with E-state index in [0.29, 0.717) is 6.42 Å². The summed E-state index contributed by atoms with van der Waals surface area (Å²) in [6.45, 7) is 1.27. The molecule has 1 saturated carbocycles. The first kappa shape index (κ1) is 8.22. The van der Waals surface area contributed by atoms with Crippen LogP contribution in [0.3, 0.4) is 0 Å². The number of rotatable bonds is 1. The second-order valence-electron chi connectivity index (χ2n) is 3.26. The second kappa shape index (κ2) is 2.55. The van der Waals surface area contributed by atoms with Gasteiger partial charge >= 0.3 is 17.9 Å². The van der Waals surface area contributed by atoms with Gasteiger partial charge in [0.25, 0.3) is 0 Å². The summed E-state index contributed by atoms with van der Waals surface area (Å²) in [4.78, 5) is 32.5. The minimum Gasteiger partial charge on any atom is -0.462 e. The van der Waals surface area contributed by atoms with Gasteiger partial charge in [0, 0.05) is 6.92 Å². The minimum atomic E-state index is -0.562. The van der Waals surface area contributed by atoms with Crippen molar-refractivity contribution in [3.8, 4) is 0 Å². The first-order chi connectivity index (χ1) is 6.09. The van der Waals surface area contributed by atoms with E-state index in [1.807, 2.05) is 0 Å². The molecule has 70 valence electrons. The van der Waals surface area contributed by atoms with Gasteiger partial charge in [0.2, 0.25) is 0 Å². The molecule has 13 heavy (non-hydrogen) atoms. The Balaban J connectivity index is 2.04. The molecule has 0 aromatic carbocycles. The van der Waals surface area contributed by atoms with Crippen molar-refractivity contribution in [1.82, 2.24) is 0 Å². The van der Waals surface area contributed by atoms with Crippen LogP contribution in [0.25, 0.3) is 0 Å². The second-order valence-corrected chi connectivity index (χ2v) is 3.26. The van der Waals surface area contributed by atoms with Gasteiger partial charge in [-0.05, 0) is 6.42 Å². The van der Waals surface area contributed by atoms with Crippen LogP contribution in [0.4, 0.5) is 0 Å². The third-order valence-electron chi connectivity index (χ3n) is 2.41. The monoisotopic (exact) mass is 184 g/mol. The summed E-state index contributed by atoms with van der Waals surface area (Å²) in [5.74, 6) is -2.41. The zero-order chi connectivity index (χ0) is 9.59. The highest BCUT2D eigenvalue weighted by Crippen LogP contribution is 2.43. The van der Waals surface area contributed by atoms with Gasteiger partial charge in [-0.2, -0.15) is 0 Å². The molecule has 1 heterocycles. The van der Waals surface area contributed by atoms with Crippen molar-refractivity contribution in [3.63, 3.8) is 0 Å². The number of carbonyl (C=O) groups excluding carboxylic acids is 3. The smallest absolute Gasteiger partial charge is 0.321 e. The summed E-state index contributed by atoms with van der Waals surface area (Å²) in [5.41, 5.74) is 0. The lowest BCUT2D eigenvalue weighted by atomic mass is 9.72. The summed E-state index contributed by atoms with van der Waals surface area (Å²) in [6.07, 6.45) is -0.0455. The molecular weight excluding hydrogens is 176 g/mol. The summed E-state index contributed by atoms with van der Waals surface area (Å²) in [6, 6.07) is 0. The number of cyclic esters (lactones) is 2. The predicted octanol–water partition coefficient (Wildman–Crippen LogP) is -0.362. The van der Waals surface area contributed by atoms with Gasteiger partial charge in [0.15, 0.2) is 0 Å². The molecule has 0 bridgehead atoms. The fourth-order valence-electron chi connectivity index (χ4n) is 1.74. The summed E-state index contributed by atoms with van der Waals surface area (Å²) < 4.78 is 9.22. The lowest BCUT2D eigenvalue weighted by Gasteiger charge is -2.33. The van der Waals surface area contributed by atoms with Crippen molar-refractivity contribution in [3.05, 3.63) is 0 Å². The van der Waals surface area contributed by atoms with Gasteiger partial charge in [-0.1, -0.05) is 0 Å². The Morgan fingerprint density at radius 2 is 2.15 bits per heavy atom. The molecule has 0 N–H and O–H groups in total. The largest absolute Gasteiger partial charge is 0.462 e. The van der Waals surface area contributed by atoms with E-state index in [0.717, 1.165) is 0 Å². The van der Waals surface area contributed by atoms with E-state index in [9.17, 15) is 14.4 Å². The number of carbonyl (C=O) groups is 3. The molecule has 2 aliphatic rings. The van der Waals surface area contributed by atoms with Crippen molar-refractivity contribution >= 4 is 17.9 Å². The van der Waals surface area contributed by atoms with Crippen LogP contribution >= 0.6 is 0 Å². The van der Waals surface area contributed by atoms with Gasteiger partial charge in [0.05, 0.1) is 5.92 Å². The first-order valence-electron chi connectivity index (χ1n) is 4.02. The molecule has 1 aliphatic carbocycles. The van der Waals surface area contributed by atoms with Crippen LogP contribution < -0.4 is 0 Å². The van der Waals surface area contributed by atoms with Crippen molar-refractivity contribution in [2.24, 2.45) is 11.8 Å². The quantitative estimate of drug-likeness (QED) is 0.411. The molecular formula is C8H8O5. The molecule has 0 radical (unpaired) electrons. The molecule has 3 atom stereocenters. The van der Waals surface area contributed by atoms with Crippen molar-refractivity contribution in [1.29, 1.82) is 0 Å². The Kier molecular flexibility index (Phi) is 1.61. The average Bonchev–Trinajstić information content (AvgIpc) is 2.15. The number of hydrogen-bond donors (Lipinski definition) is 0. The van der Waals surface area contributed by atoms with E-state index in [4.69, 9.17) is 4.74 Å². The van der Waals surface area contributed by atoms with Gasteiger partial charge in [-0.25, -0.2) is 0 Å². The van der Waals surface area contributed by atoms with Crippen LogP contribution in [0.5, 0.6) is 0 Å². The number of ether oxygens (including phenoxy) is 2. The summed E-state index contributed by atoms with van der Waals surface area (Å²) >= 11 is 0. The Bertz CT molecular complexity index is 295. The fraction of sp³-hybridized carbons (Fsp3) is 0.625. The van der Waals surface area contributed by atoms with Crippen molar-refractivity contribution in [2.75, 3.05) is 0 Å². The topological polar surface area (TPSA) is 69.7 Å². The van der Waals surface area contributed by atoms with E-state index in [1.165, 1.54) is 6.92 Å². The van der Waals surface area contributed by atoms with Crippen molar-refractivity contribution in [2.45, 2.75) is 19.4 Å². The molecule has 0 unspecified atom stereocenters. The van der Waals surface area contributed by atoms with Gasteiger partial charge < -0.3 is 9.47 Å². The van der Waals surface area contributed by atoms with Crippen LogP contribution in [0.15, 0.2) is 0 Å². The van der Waals surface area contributed by atoms with E-state index >= 15 is 0 Å². The fourth-order valence-corrected chi connectivity index (χ4v) is 1.74. The van der Waals surface area contributed by atoms with Gasteiger partial charge in [-0.15, -0.1) is 0 Å². The molecule has 5 heteroatoms. The molecule has 2 fully saturated rings. The number of hydrogen-bond acceptors (Lipinski definition) is 5. The molecule has 1 aliphatic heterocycles.